The maximum absolute atomic E-state index is 11.1. The SMILES string of the molecule is CCCOc1cc(-n2cc(N)c(C(N)=O)n2)ncn1. The minimum absolute atomic E-state index is 0.00892. The van der Waals surface area contributed by atoms with Gasteiger partial charge in [0.15, 0.2) is 11.5 Å². The number of primary amides is 1. The highest BCUT2D eigenvalue weighted by Crippen LogP contribution is 2.15. The zero-order valence-electron chi connectivity index (χ0n) is 10.4. The Bertz CT molecular complexity index is 595. The Morgan fingerprint density at radius 2 is 2.26 bits per heavy atom. The fraction of sp³-hybridized carbons (Fsp3) is 0.273. The van der Waals surface area contributed by atoms with Crippen LogP contribution in [0.4, 0.5) is 5.69 Å². The Balaban J connectivity index is 2.31. The van der Waals surface area contributed by atoms with Gasteiger partial charge in [-0.15, -0.1) is 0 Å². The van der Waals surface area contributed by atoms with Crippen LogP contribution in [0.3, 0.4) is 0 Å². The van der Waals surface area contributed by atoms with E-state index in [0.29, 0.717) is 18.3 Å². The van der Waals surface area contributed by atoms with E-state index in [1.54, 1.807) is 6.07 Å². The molecule has 0 aromatic carbocycles. The van der Waals surface area contributed by atoms with Gasteiger partial charge in [-0.1, -0.05) is 6.92 Å². The maximum Gasteiger partial charge on any atom is 0.271 e. The number of nitrogen functional groups attached to an aromatic ring is 1. The Labute approximate surface area is 109 Å². The molecule has 0 radical (unpaired) electrons. The summed E-state index contributed by atoms with van der Waals surface area (Å²) in [5.41, 5.74) is 11.0. The lowest BCUT2D eigenvalue weighted by atomic mass is 10.4. The molecular formula is C11H14N6O2. The van der Waals surface area contributed by atoms with Crippen LogP contribution in [0.1, 0.15) is 23.8 Å². The second-order valence-electron chi connectivity index (χ2n) is 3.80. The zero-order chi connectivity index (χ0) is 13.8. The summed E-state index contributed by atoms with van der Waals surface area (Å²) in [7, 11) is 0. The average molecular weight is 262 g/mol. The number of hydrogen-bond acceptors (Lipinski definition) is 6. The highest BCUT2D eigenvalue weighted by Gasteiger charge is 2.13. The molecule has 0 aliphatic heterocycles. The Morgan fingerprint density at radius 3 is 2.89 bits per heavy atom. The molecule has 2 heterocycles. The van der Waals surface area contributed by atoms with Gasteiger partial charge in [-0.05, 0) is 6.42 Å². The molecule has 0 atom stereocenters. The molecule has 8 nitrogen and oxygen atoms in total. The number of ether oxygens (including phenoxy) is 1. The monoisotopic (exact) mass is 262 g/mol. The normalized spacial score (nSPS) is 10.4. The first-order valence-corrected chi connectivity index (χ1v) is 5.72. The van der Waals surface area contributed by atoms with Crippen LogP contribution in [0.25, 0.3) is 5.82 Å². The zero-order valence-corrected chi connectivity index (χ0v) is 10.4. The predicted octanol–water partition coefficient (Wildman–Crippen LogP) is 0.132. The van der Waals surface area contributed by atoms with Crippen LogP contribution in [0.2, 0.25) is 0 Å². The van der Waals surface area contributed by atoms with Crippen LogP contribution in [0.5, 0.6) is 5.88 Å². The molecule has 1 amide bonds. The van der Waals surface area contributed by atoms with Crippen molar-refractivity contribution in [3.63, 3.8) is 0 Å². The number of amides is 1. The van der Waals surface area contributed by atoms with E-state index in [4.69, 9.17) is 16.2 Å². The lowest BCUT2D eigenvalue weighted by molar-refractivity contribution is 0.0996. The molecule has 0 saturated heterocycles. The standard InChI is InChI=1S/C11H14N6O2/c1-2-3-19-9-4-8(14-6-15-9)17-5-7(12)10(16-17)11(13)18/h4-6H,2-3,12H2,1H3,(H2,13,18). The molecule has 4 N–H and O–H groups in total. The number of carbonyl (C=O) groups is 1. The number of aromatic nitrogens is 4. The number of nitrogens with two attached hydrogens (primary N) is 2. The second-order valence-corrected chi connectivity index (χ2v) is 3.80. The Morgan fingerprint density at radius 1 is 1.47 bits per heavy atom. The number of anilines is 1. The van der Waals surface area contributed by atoms with Gasteiger partial charge >= 0.3 is 0 Å². The molecule has 0 bridgehead atoms. The number of carbonyl (C=O) groups excluding carboxylic acids is 1. The minimum Gasteiger partial charge on any atom is -0.478 e. The van der Waals surface area contributed by atoms with Crippen molar-refractivity contribution in [2.75, 3.05) is 12.3 Å². The molecule has 0 spiro atoms. The number of rotatable bonds is 5. The number of hydrogen-bond donors (Lipinski definition) is 2. The maximum atomic E-state index is 11.1. The molecule has 0 aliphatic rings. The van der Waals surface area contributed by atoms with Crippen molar-refractivity contribution in [3.8, 4) is 11.7 Å². The van der Waals surface area contributed by atoms with Crippen molar-refractivity contribution in [2.24, 2.45) is 5.73 Å². The molecule has 2 aromatic heterocycles. The van der Waals surface area contributed by atoms with Crippen molar-refractivity contribution in [2.45, 2.75) is 13.3 Å². The fourth-order valence-electron chi connectivity index (χ4n) is 1.44. The van der Waals surface area contributed by atoms with Crippen molar-refractivity contribution in [3.05, 3.63) is 24.3 Å². The average Bonchev–Trinajstić information content (AvgIpc) is 2.79. The summed E-state index contributed by atoms with van der Waals surface area (Å²) in [6, 6.07) is 1.60. The fourth-order valence-corrected chi connectivity index (χ4v) is 1.44. The molecule has 0 saturated carbocycles. The Kier molecular flexibility index (Phi) is 3.60. The van der Waals surface area contributed by atoms with E-state index in [-0.39, 0.29) is 11.4 Å². The summed E-state index contributed by atoms with van der Waals surface area (Å²) in [4.78, 5) is 19.1. The topological polar surface area (TPSA) is 122 Å². The van der Waals surface area contributed by atoms with E-state index in [1.807, 2.05) is 6.92 Å². The highest BCUT2D eigenvalue weighted by molar-refractivity contribution is 5.95. The van der Waals surface area contributed by atoms with Gasteiger partial charge in [0.2, 0.25) is 5.88 Å². The third-order valence-corrected chi connectivity index (χ3v) is 2.29. The highest BCUT2D eigenvalue weighted by atomic mass is 16.5. The molecule has 0 fully saturated rings. The van der Waals surface area contributed by atoms with Crippen LogP contribution < -0.4 is 16.2 Å². The summed E-state index contributed by atoms with van der Waals surface area (Å²) in [6.45, 7) is 2.56. The first-order chi connectivity index (χ1) is 9.11. The largest absolute Gasteiger partial charge is 0.478 e. The van der Waals surface area contributed by atoms with E-state index >= 15 is 0 Å². The lowest BCUT2D eigenvalue weighted by Crippen LogP contribution is -2.14. The molecule has 0 aliphatic carbocycles. The quantitative estimate of drug-likeness (QED) is 0.789. The third kappa shape index (κ3) is 2.79. The first-order valence-electron chi connectivity index (χ1n) is 5.72. The summed E-state index contributed by atoms with van der Waals surface area (Å²) in [5, 5.41) is 3.97. The van der Waals surface area contributed by atoms with E-state index in [2.05, 4.69) is 15.1 Å². The molecule has 2 aromatic rings. The molecule has 0 unspecified atom stereocenters. The van der Waals surface area contributed by atoms with E-state index in [0.717, 1.165) is 6.42 Å². The van der Waals surface area contributed by atoms with Gasteiger partial charge in [-0.25, -0.2) is 14.6 Å². The summed E-state index contributed by atoms with van der Waals surface area (Å²) < 4.78 is 6.74. The molecule has 19 heavy (non-hydrogen) atoms. The predicted molar refractivity (Wildman–Crippen MR) is 67.9 cm³/mol. The lowest BCUT2D eigenvalue weighted by Gasteiger charge is -2.04. The smallest absolute Gasteiger partial charge is 0.271 e. The molecule has 8 heteroatoms. The summed E-state index contributed by atoms with van der Waals surface area (Å²) in [5.74, 6) is 0.189. The van der Waals surface area contributed by atoms with Gasteiger partial charge in [0.25, 0.3) is 5.91 Å². The van der Waals surface area contributed by atoms with Crippen LogP contribution in [0.15, 0.2) is 18.6 Å². The Hall–Kier alpha value is -2.64. The van der Waals surface area contributed by atoms with Crippen LogP contribution in [0, 0.1) is 0 Å². The molecular weight excluding hydrogens is 248 g/mol. The van der Waals surface area contributed by atoms with Crippen LogP contribution in [-0.4, -0.2) is 32.3 Å². The minimum atomic E-state index is -0.687. The van der Waals surface area contributed by atoms with Gasteiger partial charge in [0.1, 0.15) is 6.33 Å². The second kappa shape index (κ2) is 5.34. The van der Waals surface area contributed by atoms with Gasteiger partial charge < -0.3 is 16.2 Å². The van der Waals surface area contributed by atoms with E-state index in [1.165, 1.54) is 17.2 Å². The van der Waals surface area contributed by atoms with Crippen molar-refractivity contribution < 1.29 is 9.53 Å². The molecule has 100 valence electrons. The summed E-state index contributed by atoms with van der Waals surface area (Å²) >= 11 is 0. The van der Waals surface area contributed by atoms with Crippen LogP contribution in [-0.2, 0) is 0 Å². The van der Waals surface area contributed by atoms with Gasteiger partial charge in [0, 0.05) is 6.07 Å². The van der Waals surface area contributed by atoms with Gasteiger partial charge in [0.05, 0.1) is 18.5 Å². The van der Waals surface area contributed by atoms with Gasteiger partial charge in [-0.3, -0.25) is 4.79 Å². The third-order valence-electron chi connectivity index (χ3n) is 2.29. The first kappa shape index (κ1) is 12.8. The van der Waals surface area contributed by atoms with E-state index in [9.17, 15) is 4.79 Å². The van der Waals surface area contributed by atoms with Crippen molar-refractivity contribution in [1.82, 2.24) is 19.7 Å². The number of nitrogens with zero attached hydrogens (tertiary/aromatic N) is 4. The van der Waals surface area contributed by atoms with Crippen molar-refractivity contribution >= 4 is 11.6 Å². The van der Waals surface area contributed by atoms with Crippen LogP contribution >= 0.6 is 0 Å². The van der Waals surface area contributed by atoms with E-state index < -0.39 is 5.91 Å². The van der Waals surface area contributed by atoms with Gasteiger partial charge in [-0.2, -0.15) is 5.10 Å². The molecule has 2 rings (SSSR count). The van der Waals surface area contributed by atoms with Crippen molar-refractivity contribution in [1.29, 1.82) is 0 Å². The summed E-state index contributed by atoms with van der Waals surface area (Å²) in [6.07, 6.45) is 3.69.